The van der Waals surface area contributed by atoms with E-state index in [0.29, 0.717) is 5.39 Å². The van der Waals surface area contributed by atoms with E-state index in [-0.39, 0.29) is 5.56 Å². The van der Waals surface area contributed by atoms with Crippen LogP contribution in [0, 0.1) is 6.92 Å². The number of hydrogen-bond donors (Lipinski definition) is 0. The van der Waals surface area contributed by atoms with Crippen LogP contribution in [-0.2, 0) is 5.75 Å². The number of para-hydroxylation sites is 2. The van der Waals surface area contributed by atoms with E-state index >= 15 is 0 Å². The maximum atomic E-state index is 13.1. The molecule has 4 heteroatoms. The Hall–Kier alpha value is -2.07. The van der Waals surface area contributed by atoms with Crippen molar-refractivity contribution in [3.63, 3.8) is 0 Å². The molecule has 2 aromatic carbocycles. The fourth-order valence-electron chi connectivity index (χ4n) is 2.75. The van der Waals surface area contributed by atoms with Crippen LogP contribution in [-0.4, -0.2) is 15.3 Å². The van der Waals surface area contributed by atoms with E-state index in [4.69, 9.17) is 4.98 Å². The number of fused-ring (bicyclic) bond motifs is 1. The highest BCUT2D eigenvalue weighted by molar-refractivity contribution is 7.98. The molecule has 0 N–H and O–H groups in total. The fourth-order valence-corrected chi connectivity index (χ4v) is 3.76. The van der Waals surface area contributed by atoms with Gasteiger partial charge in [0, 0.05) is 0 Å². The lowest BCUT2D eigenvalue weighted by molar-refractivity contribution is 0.870. The summed E-state index contributed by atoms with van der Waals surface area (Å²) in [6.07, 6.45) is 2.37. The van der Waals surface area contributed by atoms with Crippen LogP contribution < -0.4 is 5.56 Å². The highest BCUT2D eigenvalue weighted by Gasteiger charge is 2.13. The molecule has 124 valence electrons. The van der Waals surface area contributed by atoms with E-state index in [2.05, 4.69) is 6.92 Å². The standard InChI is InChI=1S/C20H22N2OS/c1-3-4-13-24-14-19-21-17-11-7-6-10-16(17)20(23)22(19)18-12-8-5-9-15(18)2/h5-12H,3-4,13-14H2,1-2H3. The molecule has 0 aliphatic carbocycles. The van der Waals surface area contributed by atoms with Gasteiger partial charge in [-0.15, -0.1) is 0 Å². The second-order valence-electron chi connectivity index (χ2n) is 5.88. The molecule has 1 heterocycles. The van der Waals surface area contributed by atoms with E-state index in [1.54, 1.807) is 4.57 Å². The molecule has 0 atom stereocenters. The van der Waals surface area contributed by atoms with E-state index in [9.17, 15) is 4.79 Å². The summed E-state index contributed by atoms with van der Waals surface area (Å²) in [6.45, 7) is 4.23. The largest absolute Gasteiger partial charge is 0.268 e. The predicted octanol–water partition coefficient (Wildman–Crippen LogP) is 4.73. The van der Waals surface area contributed by atoms with Gasteiger partial charge in [-0.05, 0) is 42.9 Å². The van der Waals surface area contributed by atoms with Gasteiger partial charge in [0.2, 0.25) is 0 Å². The van der Waals surface area contributed by atoms with E-state index in [1.807, 2.05) is 67.2 Å². The van der Waals surface area contributed by atoms with Gasteiger partial charge < -0.3 is 0 Å². The number of aromatic nitrogens is 2. The minimum atomic E-state index is 0.0148. The minimum Gasteiger partial charge on any atom is -0.268 e. The summed E-state index contributed by atoms with van der Waals surface area (Å²) in [4.78, 5) is 17.9. The first kappa shape index (κ1) is 16.8. The van der Waals surface area contributed by atoms with Gasteiger partial charge in [-0.2, -0.15) is 11.8 Å². The molecule has 0 spiro atoms. The summed E-state index contributed by atoms with van der Waals surface area (Å²) in [5, 5.41) is 0.670. The highest BCUT2D eigenvalue weighted by Crippen LogP contribution is 2.20. The second kappa shape index (κ2) is 7.67. The number of benzene rings is 2. The molecule has 0 saturated heterocycles. The number of hydrogen-bond acceptors (Lipinski definition) is 3. The minimum absolute atomic E-state index is 0.0148. The normalized spacial score (nSPS) is 11.1. The third-order valence-electron chi connectivity index (χ3n) is 4.07. The molecule has 0 amide bonds. The highest BCUT2D eigenvalue weighted by atomic mass is 32.2. The molecule has 0 saturated carbocycles. The van der Waals surface area contributed by atoms with Gasteiger partial charge in [0.1, 0.15) is 5.82 Å². The van der Waals surface area contributed by atoms with Crippen LogP contribution in [0.2, 0.25) is 0 Å². The zero-order chi connectivity index (χ0) is 16.9. The molecule has 0 aliphatic rings. The topological polar surface area (TPSA) is 34.9 Å². The van der Waals surface area contributed by atoms with Crippen LogP contribution in [0.1, 0.15) is 31.2 Å². The molecule has 0 radical (unpaired) electrons. The van der Waals surface area contributed by atoms with Gasteiger partial charge >= 0.3 is 0 Å². The molecule has 3 aromatic rings. The summed E-state index contributed by atoms with van der Waals surface area (Å²) in [6, 6.07) is 15.6. The Kier molecular flexibility index (Phi) is 5.36. The van der Waals surface area contributed by atoms with Crippen molar-refractivity contribution in [3.8, 4) is 5.69 Å². The van der Waals surface area contributed by atoms with Crippen LogP contribution >= 0.6 is 11.8 Å². The average molecular weight is 338 g/mol. The number of aryl methyl sites for hydroxylation is 1. The van der Waals surface area contributed by atoms with Crippen molar-refractivity contribution >= 4 is 22.7 Å². The lowest BCUT2D eigenvalue weighted by Crippen LogP contribution is -2.24. The van der Waals surface area contributed by atoms with Crippen LogP contribution in [0.15, 0.2) is 53.3 Å². The summed E-state index contributed by atoms with van der Waals surface area (Å²) in [5.41, 5.74) is 2.79. The molecule has 3 nitrogen and oxygen atoms in total. The van der Waals surface area contributed by atoms with E-state index in [0.717, 1.165) is 34.1 Å². The number of rotatable bonds is 6. The third kappa shape index (κ3) is 3.39. The Balaban J connectivity index is 2.15. The zero-order valence-corrected chi connectivity index (χ0v) is 15.0. The molecule has 0 aliphatic heterocycles. The van der Waals surface area contributed by atoms with Crippen LogP contribution in [0.25, 0.3) is 16.6 Å². The van der Waals surface area contributed by atoms with Crippen LogP contribution in [0.5, 0.6) is 0 Å². The Morgan fingerprint density at radius 1 is 1.08 bits per heavy atom. The Bertz CT molecular complexity index is 902. The van der Waals surface area contributed by atoms with Crippen molar-refractivity contribution in [2.24, 2.45) is 0 Å². The first-order valence-corrected chi connectivity index (χ1v) is 9.52. The van der Waals surface area contributed by atoms with Gasteiger partial charge in [-0.3, -0.25) is 9.36 Å². The second-order valence-corrected chi connectivity index (χ2v) is 6.98. The molecule has 1 aromatic heterocycles. The summed E-state index contributed by atoms with van der Waals surface area (Å²) in [7, 11) is 0. The predicted molar refractivity (Wildman–Crippen MR) is 103 cm³/mol. The third-order valence-corrected chi connectivity index (χ3v) is 5.11. The molecular weight excluding hydrogens is 316 g/mol. The smallest absolute Gasteiger partial charge is 0.265 e. The van der Waals surface area contributed by atoms with E-state index in [1.165, 1.54) is 12.8 Å². The first-order chi connectivity index (χ1) is 11.7. The van der Waals surface area contributed by atoms with Crippen molar-refractivity contribution in [1.82, 2.24) is 9.55 Å². The molecule has 3 rings (SSSR count). The summed E-state index contributed by atoms with van der Waals surface area (Å²) in [5.74, 6) is 2.66. The van der Waals surface area contributed by atoms with Crippen molar-refractivity contribution < 1.29 is 0 Å². The average Bonchev–Trinajstić information content (AvgIpc) is 2.60. The maximum Gasteiger partial charge on any atom is 0.265 e. The van der Waals surface area contributed by atoms with Gasteiger partial charge in [-0.25, -0.2) is 4.98 Å². The van der Waals surface area contributed by atoms with Crippen molar-refractivity contribution in [1.29, 1.82) is 0 Å². The maximum absolute atomic E-state index is 13.1. The quantitative estimate of drug-likeness (QED) is 0.610. The first-order valence-electron chi connectivity index (χ1n) is 8.36. The lowest BCUT2D eigenvalue weighted by Gasteiger charge is -2.15. The fraction of sp³-hybridized carbons (Fsp3) is 0.300. The molecule has 0 fully saturated rings. The van der Waals surface area contributed by atoms with Crippen molar-refractivity contribution in [2.45, 2.75) is 32.4 Å². The summed E-state index contributed by atoms with van der Waals surface area (Å²) < 4.78 is 1.79. The SMILES string of the molecule is CCCCSCc1nc2ccccc2c(=O)n1-c1ccccc1C. The van der Waals surface area contributed by atoms with Gasteiger partial charge in [0.15, 0.2) is 0 Å². The summed E-state index contributed by atoms with van der Waals surface area (Å²) >= 11 is 1.84. The monoisotopic (exact) mass is 338 g/mol. The molecule has 24 heavy (non-hydrogen) atoms. The zero-order valence-electron chi connectivity index (χ0n) is 14.2. The van der Waals surface area contributed by atoms with Crippen LogP contribution in [0.3, 0.4) is 0 Å². The van der Waals surface area contributed by atoms with Gasteiger partial charge in [0.25, 0.3) is 5.56 Å². The molecular formula is C20H22N2OS. The number of unbranched alkanes of at least 4 members (excludes halogenated alkanes) is 1. The molecule has 0 bridgehead atoms. The van der Waals surface area contributed by atoms with E-state index < -0.39 is 0 Å². The van der Waals surface area contributed by atoms with Crippen molar-refractivity contribution in [2.75, 3.05) is 5.75 Å². The Morgan fingerprint density at radius 3 is 2.62 bits per heavy atom. The number of thioether (sulfide) groups is 1. The number of nitrogens with zero attached hydrogens (tertiary/aromatic N) is 2. The van der Waals surface area contributed by atoms with Gasteiger partial charge in [-0.1, -0.05) is 43.7 Å². The molecule has 0 unspecified atom stereocenters. The van der Waals surface area contributed by atoms with Crippen LogP contribution in [0.4, 0.5) is 0 Å². The Labute approximate surface area is 146 Å². The Morgan fingerprint density at radius 2 is 1.83 bits per heavy atom. The van der Waals surface area contributed by atoms with Gasteiger partial charge in [0.05, 0.1) is 22.3 Å². The van der Waals surface area contributed by atoms with Crippen molar-refractivity contribution in [3.05, 3.63) is 70.3 Å². The lowest BCUT2D eigenvalue weighted by atomic mass is 10.2.